The summed E-state index contributed by atoms with van der Waals surface area (Å²) in [5.41, 5.74) is 3.84. The fourth-order valence-corrected chi connectivity index (χ4v) is 3.54. The lowest BCUT2D eigenvalue weighted by molar-refractivity contribution is 0.596. The number of hydrogen-bond donors (Lipinski definition) is 0. The van der Waals surface area contributed by atoms with E-state index in [1.807, 2.05) is 6.07 Å². The van der Waals surface area contributed by atoms with Crippen LogP contribution in [0.25, 0.3) is 20.8 Å². The molecule has 0 unspecified atom stereocenters. The molecule has 0 saturated carbocycles. The van der Waals surface area contributed by atoms with Gasteiger partial charge in [0.05, 0.1) is 10.2 Å². The minimum absolute atomic E-state index is 0.153. The van der Waals surface area contributed by atoms with Crippen LogP contribution < -0.4 is 0 Å². The van der Waals surface area contributed by atoms with Gasteiger partial charge in [0, 0.05) is 5.56 Å². The second-order valence-corrected chi connectivity index (χ2v) is 6.79. The Hall–Kier alpha value is -1.67. The Labute approximate surface area is 117 Å². The van der Waals surface area contributed by atoms with Crippen LogP contribution >= 0.6 is 11.3 Å². The van der Waals surface area contributed by atoms with Crippen LogP contribution in [0.2, 0.25) is 0 Å². The van der Waals surface area contributed by atoms with Crippen molar-refractivity contribution in [2.45, 2.75) is 26.2 Å². The monoisotopic (exact) mass is 267 g/mol. The zero-order valence-electron chi connectivity index (χ0n) is 11.5. The third-order valence-corrected chi connectivity index (χ3v) is 4.40. The Bertz CT molecular complexity index is 705. The highest BCUT2D eigenvalue weighted by molar-refractivity contribution is 7.21. The van der Waals surface area contributed by atoms with Gasteiger partial charge in [0.25, 0.3) is 0 Å². The molecule has 0 spiro atoms. The first-order valence-corrected chi connectivity index (χ1v) is 7.33. The van der Waals surface area contributed by atoms with Crippen molar-refractivity contribution in [2.75, 3.05) is 0 Å². The van der Waals surface area contributed by atoms with Crippen LogP contribution in [0.3, 0.4) is 0 Å². The van der Waals surface area contributed by atoms with Crippen molar-refractivity contribution in [3.8, 4) is 10.6 Å². The summed E-state index contributed by atoms with van der Waals surface area (Å²) >= 11 is 1.79. The van der Waals surface area contributed by atoms with E-state index in [-0.39, 0.29) is 5.41 Å². The van der Waals surface area contributed by atoms with Crippen LogP contribution in [-0.2, 0) is 5.41 Å². The molecule has 0 amide bonds. The molecule has 1 heterocycles. The third kappa shape index (κ3) is 2.28. The van der Waals surface area contributed by atoms with E-state index in [9.17, 15) is 0 Å². The molecule has 0 aliphatic rings. The number of thiazole rings is 1. The smallest absolute Gasteiger partial charge is 0.124 e. The largest absolute Gasteiger partial charge is 0.236 e. The van der Waals surface area contributed by atoms with Gasteiger partial charge in [-0.1, -0.05) is 63.2 Å². The van der Waals surface area contributed by atoms with Gasteiger partial charge >= 0.3 is 0 Å². The molecular formula is C17H17NS. The van der Waals surface area contributed by atoms with Crippen molar-refractivity contribution in [1.82, 2.24) is 4.98 Å². The molecule has 2 aromatic carbocycles. The maximum Gasteiger partial charge on any atom is 0.124 e. The number of aromatic nitrogens is 1. The maximum absolute atomic E-state index is 4.78. The van der Waals surface area contributed by atoms with Crippen molar-refractivity contribution in [3.63, 3.8) is 0 Å². The highest BCUT2D eigenvalue weighted by atomic mass is 32.1. The second-order valence-electron chi connectivity index (χ2n) is 5.79. The van der Waals surface area contributed by atoms with Gasteiger partial charge in [-0.15, -0.1) is 11.3 Å². The predicted molar refractivity (Wildman–Crippen MR) is 83.8 cm³/mol. The number of nitrogens with zero attached hydrogens (tertiary/aromatic N) is 1. The fourth-order valence-electron chi connectivity index (χ4n) is 2.24. The van der Waals surface area contributed by atoms with Crippen LogP contribution in [0, 0.1) is 0 Å². The van der Waals surface area contributed by atoms with Gasteiger partial charge in [-0.2, -0.15) is 0 Å². The van der Waals surface area contributed by atoms with Crippen LogP contribution in [0.5, 0.6) is 0 Å². The second kappa shape index (κ2) is 4.46. The third-order valence-electron chi connectivity index (χ3n) is 3.24. The molecule has 2 heteroatoms. The Morgan fingerprint density at radius 1 is 0.895 bits per heavy atom. The van der Waals surface area contributed by atoms with E-state index in [0.29, 0.717) is 0 Å². The first-order valence-electron chi connectivity index (χ1n) is 6.51. The predicted octanol–water partition coefficient (Wildman–Crippen LogP) is 5.26. The molecule has 0 aliphatic carbocycles. The summed E-state index contributed by atoms with van der Waals surface area (Å²) < 4.78 is 1.31. The highest BCUT2D eigenvalue weighted by Gasteiger charge is 2.19. The first kappa shape index (κ1) is 12.4. The zero-order valence-corrected chi connectivity index (χ0v) is 12.3. The Balaban J connectivity index is 2.22. The first-order chi connectivity index (χ1) is 9.05. The standard InChI is InChI=1S/C17H17NS/c1-17(2,3)13-10-7-11-14-15(13)19-16(18-14)12-8-5-4-6-9-12/h4-11H,1-3H3. The van der Waals surface area contributed by atoms with E-state index in [4.69, 9.17) is 4.98 Å². The quantitative estimate of drug-likeness (QED) is 0.586. The molecular weight excluding hydrogens is 250 g/mol. The minimum atomic E-state index is 0.153. The molecule has 0 saturated heterocycles. The van der Waals surface area contributed by atoms with E-state index in [0.717, 1.165) is 10.5 Å². The fraction of sp³-hybridized carbons (Fsp3) is 0.235. The van der Waals surface area contributed by atoms with Crippen LogP contribution in [-0.4, -0.2) is 4.98 Å². The lowest BCUT2D eigenvalue weighted by Gasteiger charge is -2.19. The summed E-state index contributed by atoms with van der Waals surface area (Å²) in [5.74, 6) is 0. The summed E-state index contributed by atoms with van der Waals surface area (Å²) in [6.07, 6.45) is 0. The molecule has 1 nitrogen and oxygen atoms in total. The molecule has 0 radical (unpaired) electrons. The van der Waals surface area contributed by atoms with Gasteiger partial charge in [0.1, 0.15) is 5.01 Å². The van der Waals surface area contributed by atoms with Gasteiger partial charge in [0.2, 0.25) is 0 Å². The van der Waals surface area contributed by atoms with Crippen molar-refractivity contribution in [2.24, 2.45) is 0 Å². The summed E-state index contributed by atoms with van der Waals surface area (Å²) in [6.45, 7) is 6.76. The van der Waals surface area contributed by atoms with Gasteiger partial charge in [0.15, 0.2) is 0 Å². The molecule has 0 N–H and O–H groups in total. The molecule has 0 bridgehead atoms. The average Bonchev–Trinajstić information content (AvgIpc) is 2.82. The summed E-state index contributed by atoms with van der Waals surface area (Å²) in [5, 5.41) is 1.10. The zero-order chi connectivity index (χ0) is 13.5. The van der Waals surface area contributed by atoms with Crippen LogP contribution in [0.4, 0.5) is 0 Å². The molecule has 3 aromatic rings. The Morgan fingerprint density at radius 3 is 2.32 bits per heavy atom. The van der Waals surface area contributed by atoms with E-state index in [1.165, 1.54) is 15.8 Å². The van der Waals surface area contributed by atoms with Gasteiger partial charge < -0.3 is 0 Å². The SMILES string of the molecule is CC(C)(C)c1cccc2nc(-c3ccccc3)sc12. The van der Waals surface area contributed by atoms with Gasteiger partial charge in [-0.3, -0.25) is 0 Å². The molecule has 96 valence electrons. The molecule has 0 atom stereocenters. The van der Waals surface area contributed by atoms with Gasteiger partial charge in [-0.25, -0.2) is 4.98 Å². The Morgan fingerprint density at radius 2 is 1.63 bits per heavy atom. The minimum Gasteiger partial charge on any atom is -0.236 e. The summed E-state index contributed by atoms with van der Waals surface area (Å²) in [7, 11) is 0. The average molecular weight is 267 g/mol. The number of hydrogen-bond acceptors (Lipinski definition) is 2. The normalized spacial score (nSPS) is 11.9. The van der Waals surface area contributed by atoms with Crippen molar-refractivity contribution in [1.29, 1.82) is 0 Å². The van der Waals surface area contributed by atoms with E-state index in [2.05, 4.69) is 63.2 Å². The van der Waals surface area contributed by atoms with Crippen LogP contribution in [0.1, 0.15) is 26.3 Å². The number of fused-ring (bicyclic) bond motifs is 1. The lowest BCUT2D eigenvalue weighted by atomic mass is 9.87. The molecule has 19 heavy (non-hydrogen) atoms. The van der Waals surface area contributed by atoms with Crippen molar-refractivity contribution < 1.29 is 0 Å². The van der Waals surface area contributed by atoms with E-state index < -0.39 is 0 Å². The number of rotatable bonds is 1. The summed E-state index contributed by atoms with van der Waals surface area (Å²) in [6, 6.07) is 16.8. The molecule has 0 aliphatic heterocycles. The topological polar surface area (TPSA) is 12.9 Å². The van der Waals surface area contributed by atoms with Crippen LogP contribution in [0.15, 0.2) is 48.5 Å². The Kier molecular flexibility index (Phi) is 2.90. The number of benzene rings is 2. The molecule has 3 rings (SSSR count). The molecule has 0 fully saturated rings. The van der Waals surface area contributed by atoms with E-state index >= 15 is 0 Å². The molecule has 1 aromatic heterocycles. The lowest BCUT2D eigenvalue weighted by Crippen LogP contribution is -2.10. The van der Waals surface area contributed by atoms with Crippen molar-refractivity contribution in [3.05, 3.63) is 54.1 Å². The van der Waals surface area contributed by atoms with Crippen molar-refractivity contribution >= 4 is 21.6 Å². The van der Waals surface area contributed by atoms with E-state index in [1.54, 1.807) is 11.3 Å². The summed E-state index contributed by atoms with van der Waals surface area (Å²) in [4.78, 5) is 4.78. The highest BCUT2D eigenvalue weighted by Crippen LogP contribution is 2.36. The van der Waals surface area contributed by atoms with Gasteiger partial charge in [-0.05, 0) is 17.0 Å². The maximum atomic E-state index is 4.78.